The Morgan fingerprint density at radius 2 is 1.90 bits per heavy atom. The van der Waals surface area contributed by atoms with Gasteiger partial charge in [-0.15, -0.1) is 0 Å². The van der Waals surface area contributed by atoms with Crippen LogP contribution in [0.5, 0.6) is 5.75 Å². The number of benzene rings is 2. The lowest BCUT2D eigenvalue weighted by Crippen LogP contribution is -2.64. The van der Waals surface area contributed by atoms with Crippen molar-refractivity contribution in [3.8, 4) is 17.3 Å². The molecule has 6 fully saturated rings. The number of carbonyl (C=O) groups is 1. The number of ether oxygens (including phenoxy) is 1. The van der Waals surface area contributed by atoms with Crippen LogP contribution in [0.3, 0.4) is 0 Å². The monoisotopic (exact) mass is 534 g/mol. The zero-order chi connectivity index (χ0) is 26.7. The van der Waals surface area contributed by atoms with Gasteiger partial charge in [-0.25, -0.2) is 4.98 Å². The summed E-state index contributed by atoms with van der Waals surface area (Å²) in [6.07, 6.45) is 11.7. The van der Waals surface area contributed by atoms with Crippen molar-refractivity contribution in [3.63, 3.8) is 0 Å². The number of likely N-dealkylation sites (tertiary alicyclic amines) is 1. The van der Waals surface area contributed by atoms with Gasteiger partial charge < -0.3 is 18.8 Å². The fourth-order valence-corrected chi connectivity index (χ4v) is 8.52. The number of nitrogens with zero attached hydrogens (tertiary/aromatic N) is 4. The number of fused-ring (bicyclic) bond motifs is 2. The van der Waals surface area contributed by atoms with Gasteiger partial charge in [-0.2, -0.15) is 0 Å². The molecule has 1 spiro atoms. The van der Waals surface area contributed by atoms with Crippen LogP contribution in [-0.2, 0) is 20.0 Å². The number of carbonyl (C=O) groups excluding carboxylic acids is 1. The van der Waals surface area contributed by atoms with Crippen LogP contribution in [-0.4, -0.2) is 44.6 Å². The molecule has 2 aromatic carbocycles. The van der Waals surface area contributed by atoms with Crippen LogP contribution in [0.2, 0.25) is 0 Å². The van der Waals surface area contributed by atoms with Crippen molar-refractivity contribution in [2.75, 3.05) is 13.7 Å². The zero-order valence-electron chi connectivity index (χ0n) is 23.7. The Balaban J connectivity index is 1.11. The molecule has 1 aliphatic heterocycles. The highest BCUT2D eigenvalue weighted by Crippen LogP contribution is 2.66. The molecule has 206 valence electrons. The molecule has 10 rings (SSSR count). The molecule has 1 amide bonds. The minimum Gasteiger partial charge on any atom is -0.494 e. The molecule has 1 atom stereocenters. The van der Waals surface area contributed by atoms with E-state index in [1.165, 1.54) is 74.3 Å². The van der Waals surface area contributed by atoms with Crippen molar-refractivity contribution in [1.82, 2.24) is 19.0 Å². The van der Waals surface area contributed by atoms with Crippen molar-refractivity contribution < 1.29 is 9.53 Å². The summed E-state index contributed by atoms with van der Waals surface area (Å²) in [6.45, 7) is 1.95. The van der Waals surface area contributed by atoms with Crippen molar-refractivity contribution in [2.45, 2.75) is 70.4 Å². The smallest absolute Gasteiger partial charge is 0.254 e. The molecular weight excluding hydrogens is 496 g/mol. The third-order valence-electron chi connectivity index (χ3n) is 11.0. The molecule has 0 radical (unpaired) electrons. The number of rotatable bonds is 8. The fraction of sp³-hybridized carbons (Fsp3) is 0.529. The van der Waals surface area contributed by atoms with E-state index in [4.69, 9.17) is 9.72 Å². The Hall–Kier alpha value is -3.28. The molecule has 3 heterocycles. The first kappa shape index (κ1) is 23.4. The van der Waals surface area contributed by atoms with E-state index < -0.39 is 0 Å². The lowest BCUT2D eigenvalue weighted by Gasteiger charge is -2.56. The second-order valence-corrected chi connectivity index (χ2v) is 13.8. The number of hydrogen-bond acceptors (Lipinski definition) is 3. The molecule has 5 saturated carbocycles. The number of imidazole rings is 1. The summed E-state index contributed by atoms with van der Waals surface area (Å²) in [4.78, 5) is 21.0. The van der Waals surface area contributed by atoms with E-state index in [-0.39, 0.29) is 5.91 Å². The summed E-state index contributed by atoms with van der Waals surface area (Å²) in [5, 5.41) is 1.31. The summed E-state index contributed by atoms with van der Waals surface area (Å²) < 4.78 is 10.5. The number of aryl methyl sites for hydroxylation is 2. The predicted octanol–water partition coefficient (Wildman–Crippen LogP) is 6.58. The van der Waals surface area contributed by atoms with Gasteiger partial charge in [0.1, 0.15) is 11.3 Å². The Kier molecular flexibility index (Phi) is 4.77. The molecule has 6 nitrogen and oxygen atoms in total. The number of aromatic nitrogens is 3. The molecule has 1 saturated heterocycles. The van der Waals surface area contributed by atoms with Gasteiger partial charge in [0.2, 0.25) is 0 Å². The van der Waals surface area contributed by atoms with Crippen molar-refractivity contribution >= 4 is 27.8 Å². The van der Waals surface area contributed by atoms with E-state index in [2.05, 4.69) is 45.3 Å². The fourth-order valence-electron chi connectivity index (χ4n) is 8.52. The van der Waals surface area contributed by atoms with Crippen LogP contribution < -0.4 is 4.74 Å². The lowest BCUT2D eigenvalue weighted by atomic mass is 9.63. The van der Waals surface area contributed by atoms with E-state index in [9.17, 15) is 4.79 Å². The Labute approximate surface area is 235 Å². The van der Waals surface area contributed by atoms with Gasteiger partial charge >= 0.3 is 0 Å². The quantitative estimate of drug-likeness (QED) is 0.257. The minimum absolute atomic E-state index is 0.136. The van der Waals surface area contributed by atoms with Gasteiger partial charge in [0.25, 0.3) is 5.91 Å². The van der Waals surface area contributed by atoms with Gasteiger partial charge in [0.05, 0.1) is 18.3 Å². The van der Waals surface area contributed by atoms with Crippen LogP contribution >= 0.6 is 0 Å². The second kappa shape index (κ2) is 8.14. The molecule has 4 aromatic rings. The van der Waals surface area contributed by atoms with Crippen molar-refractivity contribution in [1.29, 1.82) is 0 Å². The maximum atomic E-state index is 13.7. The highest BCUT2D eigenvalue weighted by atomic mass is 16.5. The van der Waals surface area contributed by atoms with Gasteiger partial charge in [-0.05, 0) is 98.6 Å². The highest BCUT2D eigenvalue weighted by Gasteiger charge is 2.67. The molecule has 2 bridgehead atoms. The van der Waals surface area contributed by atoms with E-state index in [1.54, 1.807) is 7.11 Å². The predicted molar refractivity (Wildman–Crippen MR) is 157 cm³/mol. The molecule has 1 unspecified atom stereocenters. The second-order valence-electron chi connectivity index (χ2n) is 13.8. The Morgan fingerprint density at radius 1 is 1.07 bits per heavy atom. The SMILES string of the molecule is COc1cc(C(=O)N2CC34CC(CC23)C4)cc2nc(-c3cc4cc(CCC5CC5)ccc4n3CC3CC3)n(C)c12. The summed E-state index contributed by atoms with van der Waals surface area (Å²) in [6, 6.07) is 13.8. The molecule has 5 aliphatic carbocycles. The average molecular weight is 535 g/mol. The maximum absolute atomic E-state index is 13.7. The van der Waals surface area contributed by atoms with E-state index in [0.717, 1.165) is 59.1 Å². The van der Waals surface area contributed by atoms with E-state index in [0.29, 0.717) is 17.0 Å². The number of amides is 1. The summed E-state index contributed by atoms with van der Waals surface area (Å²) in [7, 11) is 3.78. The van der Waals surface area contributed by atoms with Crippen LogP contribution in [0, 0.1) is 23.2 Å². The third kappa shape index (κ3) is 3.40. The Bertz CT molecular complexity index is 1700. The van der Waals surface area contributed by atoms with Crippen LogP contribution in [0.4, 0.5) is 0 Å². The van der Waals surface area contributed by atoms with Crippen molar-refractivity contribution in [2.24, 2.45) is 30.2 Å². The van der Waals surface area contributed by atoms with Crippen LogP contribution in [0.1, 0.15) is 67.3 Å². The first-order chi connectivity index (χ1) is 19.5. The molecule has 0 N–H and O–H groups in total. The van der Waals surface area contributed by atoms with Gasteiger partial charge in [0.15, 0.2) is 5.82 Å². The number of hydrogen-bond donors (Lipinski definition) is 0. The maximum Gasteiger partial charge on any atom is 0.254 e. The number of methoxy groups -OCH3 is 1. The van der Waals surface area contributed by atoms with Gasteiger partial charge in [-0.1, -0.05) is 18.9 Å². The largest absolute Gasteiger partial charge is 0.494 e. The Morgan fingerprint density at radius 3 is 2.65 bits per heavy atom. The summed E-state index contributed by atoms with van der Waals surface area (Å²) in [5.74, 6) is 4.34. The molecular formula is C34H38N4O2. The minimum atomic E-state index is 0.136. The molecule has 2 aromatic heterocycles. The van der Waals surface area contributed by atoms with E-state index >= 15 is 0 Å². The lowest BCUT2D eigenvalue weighted by molar-refractivity contribution is -0.0552. The third-order valence-corrected chi connectivity index (χ3v) is 11.0. The molecule has 40 heavy (non-hydrogen) atoms. The van der Waals surface area contributed by atoms with Crippen LogP contribution in [0.25, 0.3) is 33.5 Å². The zero-order valence-corrected chi connectivity index (χ0v) is 23.7. The van der Waals surface area contributed by atoms with Crippen molar-refractivity contribution in [3.05, 3.63) is 47.5 Å². The van der Waals surface area contributed by atoms with Crippen LogP contribution in [0.15, 0.2) is 36.4 Å². The first-order valence-electron chi connectivity index (χ1n) is 15.5. The average Bonchev–Trinajstić information content (AvgIpc) is 3.83. The molecule has 6 aliphatic rings. The summed E-state index contributed by atoms with van der Waals surface area (Å²) in [5.41, 5.74) is 6.83. The molecule has 6 heteroatoms. The standard InChI is InChI=1S/C34H38N4O2/c1-36-31-26(13-25(15-29(31)40-2)33(39)38-19-34-16-23(17-34)12-30(34)38)35-32(36)28-14-24-11-21(6-5-20-3-4-20)9-10-27(24)37(28)18-22-7-8-22/h9-11,13-15,20,22-23,30H,3-8,12,16-19H2,1-2H3. The first-order valence-corrected chi connectivity index (χ1v) is 15.5. The van der Waals surface area contributed by atoms with Gasteiger partial charge in [-0.3, -0.25) is 4.79 Å². The topological polar surface area (TPSA) is 52.3 Å². The highest BCUT2D eigenvalue weighted by molar-refractivity contribution is 6.01. The summed E-state index contributed by atoms with van der Waals surface area (Å²) >= 11 is 0. The van der Waals surface area contributed by atoms with E-state index in [1.807, 2.05) is 12.1 Å². The normalized spacial score (nSPS) is 26.7. The van der Waals surface area contributed by atoms with Gasteiger partial charge in [0, 0.05) is 48.1 Å².